The Hall–Kier alpha value is -3.66. The van der Waals surface area contributed by atoms with Gasteiger partial charge < -0.3 is 19.8 Å². The van der Waals surface area contributed by atoms with Gasteiger partial charge in [0.05, 0.1) is 36.5 Å². The summed E-state index contributed by atoms with van der Waals surface area (Å²) in [7, 11) is 0. The SMILES string of the molecule is CC(C)CN(Cc1cn2cc(C(F)(F)F)ccc2n1)C(=O)c1ccc2nc(N)c3c(c2c1)COC3. The molecule has 3 aromatic heterocycles. The number of carbonyl (C=O) groups is 1. The van der Waals surface area contributed by atoms with E-state index in [1.165, 1.54) is 16.7 Å². The van der Waals surface area contributed by atoms with Crippen LogP contribution in [0.2, 0.25) is 0 Å². The van der Waals surface area contributed by atoms with E-state index in [2.05, 4.69) is 9.97 Å². The van der Waals surface area contributed by atoms with Crippen molar-refractivity contribution in [2.75, 3.05) is 12.3 Å². The van der Waals surface area contributed by atoms with Crippen molar-refractivity contribution in [2.24, 2.45) is 5.92 Å². The molecule has 0 radical (unpaired) electrons. The Morgan fingerprint density at radius 2 is 1.91 bits per heavy atom. The number of hydrogen-bond acceptors (Lipinski definition) is 5. The first-order valence-corrected chi connectivity index (χ1v) is 11.2. The molecule has 0 saturated heterocycles. The number of imidazole rings is 1. The number of nitrogen functional groups attached to an aromatic ring is 1. The Kier molecular flexibility index (Phi) is 5.63. The minimum atomic E-state index is -4.45. The number of amides is 1. The van der Waals surface area contributed by atoms with Crippen LogP contribution in [0.4, 0.5) is 19.0 Å². The van der Waals surface area contributed by atoms with Crippen LogP contribution in [-0.2, 0) is 30.7 Å². The monoisotopic (exact) mass is 483 g/mol. The third-order valence-corrected chi connectivity index (χ3v) is 6.03. The Bertz CT molecular complexity index is 1440. The molecule has 4 aromatic rings. The Morgan fingerprint density at radius 3 is 2.66 bits per heavy atom. The highest BCUT2D eigenvalue weighted by molar-refractivity contribution is 5.99. The lowest BCUT2D eigenvalue weighted by atomic mass is 10.0. The molecule has 10 heteroatoms. The molecule has 0 spiro atoms. The van der Waals surface area contributed by atoms with Crippen molar-refractivity contribution in [1.29, 1.82) is 0 Å². The molecule has 0 bridgehead atoms. The maximum atomic E-state index is 13.6. The van der Waals surface area contributed by atoms with Gasteiger partial charge in [-0.15, -0.1) is 0 Å². The molecule has 7 nitrogen and oxygen atoms in total. The largest absolute Gasteiger partial charge is 0.417 e. The summed E-state index contributed by atoms with van der Waals surface area (Å²) in [5, 5.41) is 0.828. The third-order valence-electron chi connectivity index (χ3n) is 6.03. The second kappa shape index (κ2) is 8.53. The summed E-state index contributed by atoms with van der Waals surface area (Å²) in [5.41, 5.74) is 9.16. The number of halogens is 3. The van der Waals surface area contributed by atoms with Gasteiger partial charge in [0.1, 0.15) is 11.5 Å². The fourth-order valence-corrected chi connectivity index (χ4v) is 4.43. The van der Waals surface area contributed by atoms with Crippen LogP contribution in [-0.4, -0.2) is 31.7 Å². The van der Waals surface area contributed by atoms with Gasteiger partial charge in [-0.3, -0.25) is 4.79 Å². The number of anilines is 1. The maximum Gasteiger partial charge on any atom is 0.417 e. The quantitative estimate of drug-likeness (QED) is 0.440. The van der Waals surface area contributed by atoms with Crippen LogP contribution in [0.5, 0.6) is 0 Å². The number of fused-ring (bicyclic) bond motifs is 4. The molecule has 1 amide bonds. The number of rotatable bonds is 5. The predicted molar refractivity (Wildman–Crippen MR) is 124 cm³/mol. The summed E-state index contributed by atoms with van der Waals surface area (Å²) >= 11 is 0. The summed E-state index contributed by atoms with van der Waals surface area (Å²) in [4.78, 5) is 24.1. The van der Waals surface area contributed by atoms with E-state index >= 15 is 0 Å². The van der Waals surface area contributed by atoms with Gasteiger partial charge in [0.15, 0.2) is 0 Å². The standard InChI is InChI=1S/C25H24F3N5O2/c1-14(2)8-33(11-17-10-32-9-16(25(26,27)28)4-6-22(32)30-17)24(34)15-3-5-21-18(7-15)19-12-35-13-20(19)23(29)31-21/h3-7,9-10,14H,8,11-13H2,1-2H3,(H2,29,31). The zero-order valence-corrected chi connectivity index (χ0v) is 19.3. The zero-order chi connectivity index (χ0) is 24.9. The van der Waals surface area contributed by atoms with Crippen LogP contribution in [0.25, 0.3) is 16.6 Å². The average molecular weight is 483 g/mol. The van der Waals surface area contributed by atoms with Crippen LogP contribution in [0.1, 0.15) is 46.6 Å². The summed E-state index contributed by atoms with van der Waals surface area (Å²) in [5.74, 6) is 0.413. The number of nitrogens with zero attached hydrogens (tertiary/aromatic N) is 4. The Balaban J connectivity index is 1.47. The molecule has 0 aliphatic carbocycles. The number of hydrogen-bond donors (Lipinski definition) is 1. The van der Waals surface area contributed by atoms with Crippen molar-refractivity contribution in [3.8, 4) is 0 Å². The third kappa shape index (κ3) is 4.41. The van der Waals surface area contributed by atoms with Gasteiger partial charge in [-0.2, -0.15) is 13.2 Å². The molecule has 35 heavy (non-hydrogen) atoms. The Labute approximate surface area is 199 Å². The highest BCUT2D eigenvalue weighted by atomic mass is 19.4. The van der Waals surface area contributed by atoms with Crippen LogP contribution in [0.15, 0.2) is 42.7 Å². The average Bonchev–Trinajstić information content (AvgIpc) is 3.44. The predicted octanol–water partition coefficient (Wildman–Crippen LogP) is 4.81. The second-order valence-electron chi connectivity index (χ2n) is 9.17. The minimum Gasteiger partial charge on any atom is -0.383 e. The van der Waals surface area contributed by atoms with Gasteiger partial charge in [-0.05, 0) is 41.8 Å². The van der Waals surface area contributed by atoms with Crippen LogP contribution in [0.3, 0.4) is 0 Å². The van der Waals surface area contributed by atoms with E-state index in [-0.39, 0.29) is 18.4 Å². The lowest BCUT2D eigenvalue weighted by molar-refractivity contribution is -0.137. The normalized spacial score (nSPS) is 13.7. The van der Waals surface area contributed by atoms with Crippen molar-refractivity contribution in [3.63, 3.8) is 0 Å². The fourth-order valence-electron chi connectivity index (χ4n) is 4.43. The number of aromatic nitrogens is 3. The Morgan fingerprint density at radius 1 is 1.14 bits per heavy atom. The van der Waals surface area contributed by atoms with Gasteiger partial charge in [0, 0.05) is 35.5 Å². The van der Waals surface area contributed by atoms with Gasteiger partial charge in [-0.25, -0.2) is 9.97 Å². The van der Waals surface area contributed by atoms with Gasteiger partial charge in [0.2, 0.25) is 0 Å². The van der Waals surface area contributed by atoms with Crippen LogP contribution in [0, 0.1) is 5.92 Å². The van der Waals surface area contributed by atoms with Crippen LogP contribution >= 0.6 is 0 Å². The molecular weight excluding hydrogens is 459 g/mol. The topological polar surface area (TPSA) is 85.8 Å². The van der Waals surface area contributed by atoms with E-state index in [1.54, 1.807) is 17.0 Å². The molecule has 0 atom stereocenters. The molecule has 1 aromatic carbocycles. The molecule has 4 heterocycles. The molecule has 2 N–H and O–H groups in total. The summed E-state index contributed by atoms with van der Waals surface area (Å²) < 4.78 is 46.1. The van der Waals surface area contributed by atoms with Crippen molar-refractivity contribution in [2.45, 2.75) is 39.8 Å². The molecule has 1 aliphatic heterocycles. The van der Waals surface area contributed by atoms with Crippen molar-refractivity contribution in [3.05, 3.63) is 70.7 Å². The number of pyridine rings is 2. The molecule has 1 aliphatic rings. The number of benzene rings is 1. The molecular formula is C25H24F3N5O2. The number of nitrogens with two attached hydrogens (primary N) is 1. The number of alkyl halides is 3. The smallest absolute Gasteiger partial charge is 0.383 e. The maximum absolute atomic E-state index is 13.6. The van der Waals surface area contributed by atoms with E-state index in [4.69, 9.17) is 10.5 Å². The number of ether oxygens (including phenoxy) is 1. The van der Waals surface area contributed by atoms with Gasteiger partial charge in [-0.1, -0.05) is 13.8 Å². The molecule has 5 rings (SSSR count). The lowest BCUT2D eigenvalue weighted by Gasteiger charge is -2.24. The van der Waals surface area contributed by atoms with Crippen LogP contribution < -0.4 is 5.73 Å². The summed E-state index contributed by atoms with van der Waals surface area (Å²) in [6.45, 7) is 5.42. The van der Waals surface area contributed by atoms with E-state index in [1.807, 2.05) is 19.9 Å². The summed E-state index contributed by atoms with van der Waals surface area (Å²) in [6.07, 6.45) is -1.91. The summed E-state index contributed by atoms with van der Waals surface area (Å²) in [6, 6.07) is 7.62. The number of carbonyl (C=O) groups excluding carboxylic acids is 1. The van der Waals surface area contributed by atoms with E-state index < -0.39 is 11.7 Å². The molecule has 0 saturated carbocycles. The highest BCUT2D eigenvalue weighted by Gasteiger charge is 2.31. The van der Waals surface area contributed by atoms with E-state index in [9.17, 15) is 18.0 Å². The zero-order valence-electron chi connectivity index (χ0n) is 19.3. The van der Waals surface area contributed by atoms with Gasteiger partial charge >= 0.3 is 6.18 Å². The lowest BCUT2D eigenvalue weighted by Crippen LogP contribution is -2.33. The molecule has 0 fully saturated rings. The highest BCUT2D eigenvalue weighted by Crippen LogP contribution is 2.32. The van der Waals surface area contributed by atoms with E-state index in [0.717, 1.165) is 28.8 Å². The first-order valence-electron chi connectivity index (χ1n) is 11.2. The fraction of sp³-hybridized carbons (Fsp3) is 0.320. The van der Waals surface area contributed by atoms with Crippen molar-refractivity contribution < 1.29 is 22.7 Å². The second-order valence-corrected chi connectivity index (χ2v) is 9.17. The molecule has 182 valence electrons. The van der Waals surface area contributed by atoms with Gasteiger partial charge in [0.25, 0.3) is 5.91 Å². The van der Waals surface area contributed by atoms with E-state index in [0.29, 0.717) is 48.0 Å². The molecule has 0 unspecified atom stereocenters. The van der Waals surface area contributed by atoms with Crippen molar-refractivity contribution >= 4 is 28.3 Å². The van der Waals surface area contributed by atoms with Crippen molar-refractivity contribution in [1.82, 2.24) is 19.3 Å². The first-order chi connectivity index (χ1) is 16.6. The minimum absolute atomic E-state index is 0.166. The first kappa shape index (κ1) is 23.1.